The van der Waals surface area contributed by atoms with Gasteiger partial charge < -0.3 is 19.4 Å². The zero-order valence-electron chi connectivity index (χ0n) is 15.8. The third kappa shape index (κ3) is 3.70. The van der Waals surface area contributed by atoms with Gasteiger partial charge in [0, 0.05) is 45.5 Å². The lowest BCUT2D eigenvalue weighted by atomic mass is 10.2. The van der Waals surface area contributed by atoms with Crippen LogP contribution < -0.4 is 14.5 Å². The fourth-order valence-corrected chi connectivity index (χ4v) is 3.87. The van der Waals surface area contributed by atoms with Gasteiger partial charge in [0.25, 0.3) is 5.91 Å². The number of para-hydroxylation sites is 2. The van der Waals surface area contributed by atoms with Crippen LogP contribution >= 0.6 is 0 Å². The number of methoxy groups -OCH3 is 1. The summed E-state index contributed by atoms with van der Waals surface area (Å²) in [4.78, 5) is 23.6. The molecular formula is C21H26N4O2. The molecule has 0 spiro atoms. The van der Waals surface area contributed by atoms with Gasteiger partial charge in [-0.05, 0) is 37.1 Å². The molecule has 0 atom stereocenters. The third-order valence-corrected chi connectivity index (χ3v) is 5.42. The molecule has 0 bridgehead atoms. The Hall–Kier alpha value is -2.76. The normalized spacial score (nSPS) is 17.3. The van der Waals surface area contributed by atoms with Crippen molar-refractivity contribution in [3.8, 4) is 5.75 Å². The number of carbonyl (C=O) groups excluding carboxylic acids is 1. The second kappa shape index (κ2) is 7.86. The number of rotatable bonds is 4. The molecule has 142 valence electrons. The molecule has 1 aromatic carbocycles. The molecule has 0 N–H and O–H groups in total. The van der Waals surface area contributed by atoms with Crippen LogP contribution in [0.3, 0.4) is 0 Å². The van der Waals surface area contributed by atoms with Gasteiger partial charge in [0.2, 0.25) is 0 Å². The molecule has 2 saturated heterocycles. The second-order valence-corrected chi connectivity index (χ2v) is 7.05. The van der Waals surface area contributed by atoms with Crippen molar-refractivity contribution in [3.63, 3.8) is 0 Å². The first-order valence-electron chi connectivity index (χ1n) is 9.64. The van der Waals surface area contributed by atoms with Crippen LogP contribution in [0.1, 0.15) is 23.2 Å². The molecule has 1 amide bonds. The minimum Gasteiger partial charge on any atom is -0.495 e. The molecule has 0 aliphatic carbocycles. The summed E-state index contributed by atoms with van der Waals surface area (Å²) in [6, 6.07) is 12.0. The van der Waals surface area contributed by atoms with Crippen LogP contribution in [0, 0.1) is 0 Å². The number of aromatic nitrogens is 1. The largest absolute Gasteiger partial charge is 0.495 e. The summed E-state index contributed by atoms with van der Waals surface area (Å²) in [5, 5.41) is 0. The molecule has 3 heterocycles. The zero-order chi connectivity index (χ0) is 18.6. The highest BCUT2D eigenvalue weighted by molar-refractivity contribution is 5.94. The maximum Gasteiger partial charge on any atom is 0.255 e. The molecular weight excluding hydrogens is 340 g/mol. The van der Waals surface area contributed by atoms with Crippen molar-refractivity contribution in [1.29, 1.82) is 0 Å². The number of likely N-dealkylation sites (tertiary alicyclic amines) is 1. The number of piperazine rings is 1. The summed E-state index contributed by atoms with van der Waals surface area (Å²) in [5.74, 6) is 1.95. The van der Waals surface area contributed by atoms with E-state index in [1.807, 2.05) is 35.2 Å². The number of benzene rings is 1. The number of ether oxygens (including phenoxy) is 1. The van der Waals surface area contributed by atoms with Crippen LogP contribution in [0.2, 0.25) is 0 Å². The van der Waals surface area contributed by atoms with E-state index in [0.717, 1.165) is 69.4 Å². The highest BCUT2D eigenvalue weighted by atomic mass is 16.5. The van der Waals surface area contributed by atoms with Crippen molar-refractivity contribution in [2.24, 2.45) is 0 Å². The Morgan fingerprint density at radius 2 is 1.63 bits per heavy atom. The van der Waals surface area contributed by atoms with Gasteiger partial charge in [-0.15, -0.1) is 0 Å². The Kier molecular flexibility index (Phi) is 5.14. The maximum atomic E-state index is 12.4. The lowest BCUT2D eigenvalue weighted by Gasteiger charge is -2.37. The Morgan fingerprint density at radius 1 is 0.926 bits per heavy atom. The number of hydrogen-bond acceptors (Lipinski definition) is 5. The van der Waals surface area contributed by atoms with Crippen LogP contribution in [0.5, 0.6) is 5.75 Å². The monoisotopic (exact) mass is 366 g/mol. The number of amides is 1. The average Bonchev–Trinajstić information content (AvgIpc) is 3.28. The van der Waals surface area contributed by atoms with Gasteiger partial charge >= 0.3 is 0 Å². The maximum absolute atomic E-state index is 12.4. The van der Waals surface area contributed by atoms with Gasteiger partial charge in [-0.3, -0.25) is 4.79 Å². The zero-order valence-corrected chi connectivity index (χ0v) is 15.8. The molecule has 2 aliphatic rings. The SMILES string of the molecule is COc1ccccc1N1CCN(c2ccc(C(=O)N3CCCC3)cn2)CC1. The van der Waals surface area contributed by atoms with Crippen LogP contribution in [0.15, 0.2) is 42.6 Å². The van der Waals surface area contributed by atoms with E-state index in [1.165, 1.54) is 0 Å². The summed E-state index contributed by atoms with van der Waals surface area (Å²) < 4.78 is 5.48. The highest BCUT2D eigenvalue weighted by Crippen LogP contribution is 2.29. The number of anilines is 2. The number of nitrogens with zero attached hydrogens (tertiary/aromatic N) is 4. The summed E-state index contributed by atoms with van der Waals surface area (Å²) in [5.41, 5.74) is 1.83. The number of pyridine rings is 1. The first kappa shape index (κ1) is 17.6. The highest BCUT2D eigenvalue weighted by Gasteiger charge is 2.22. The van der Waals surface area contributed by atoms with E-state index in [0.29, 0.717) is 5.56 Å². The molecule has 1 aromatic heterocycles. The Balaban J connectivity index is 1.39. The number of hydrogen-bond donors (Lipinski definition) is 0. The van der Waals surface area contributed by atoms with Crippen molar-refractivity contribution in [2.75, 3.05) is 56.2 Å². The standard InChI is InChI=1S/C21H26N4O2/c1-27-19-7-3-2-6-18(19)23-12-14-24(15-13-23)20-9-8-17(16-22-20)21(26)25-10-4-5-11-25/h2-3,6-9,16H,4-5,10-15H2,1H3. The minimum atomic E-state index is 0.104. The van der Waals surface area contributed by atoms with Gasteiger partial charge in [-0.1, -0.05) is 12.1 Å². The Labute approximate surface area is 160 Å². The molecule has 0 radical (unpaired) electrons. The van der Waals surface area contributed by atoms with E-state index >= 15 is 0 Å². The Morgan fingerprint density at radius 3 is 2.30 bits per heavy atom. The Bertz CT molecular complexity index is 779. The lowest BCUT2D eigenvalue weighted by molar-refractivity contribution is 0.0792. The predicted octanol–water partition coefficient (Wildman–Crippen LogP) is 2.65. The first-order chi connectivity index (χ1) is 13.3. The topological polar surface area (TPSA) is 48.9 Å². The molecule has 0 saturated carbocycles. The summed E-state index contributed by atoms with van der Waals surface area (Å²) in [7, 11) is 1.71. The number of carbonyl (C=O) groups is 1. The van der Waals surface area contributed by atoms with E-state index < -0.39 is 0 Å². The smallest absolute Gasteiger partial charge is 0.255 e. The van der Waals surface area contributed by atoms with Gasteiger partial charge in [0.05, 0.1) is 18.4 Å². The molecule has 0 unspecified atom stereocenters. The van der Waals surface area contributed by atoms with Crippen LogP contribution in [-0.4, -0.2) is 62.2 Å². The molecule has 2 aromatic rings. The lowest BCUT2D eigenvalue weighted by Crippen LogP contribution is -2.47. The van der Waals surface area contributed by atoms with E-state index in [-0.39, 0.29) is 5.91 Å². The van der Waals surface area contributed by atoms with E-state index in [1.54, 1.807) is 13.3 Å². The second-order valence-electron chi connectivity index (χ2n) is 7.05. The molecule has 2 aliphatic heterocycles. The molecule has 27 heavy (non-hydrogen) atoms. The van der Waals surface area contributed by atoms with E-state index in [2.05, 4.69) is 20.9 Å². The first-order valence-corrected chi connectivity index (χ1v) is 9.64. The van der Waals surface area contributed by atoms with Crippen LogP contribution in [0.25, 0.3) is 0 Å². The fourth-order valence-electron chi connectivity index (χ4n) is 3.87. The molecule has 2 fully saturated rings. The van der Waals surface area contributed by atoms with Gasteiger partial charge in [0.15, 0.2) is 0 Å². The van der Waals surface area contributed by atoms with Crippen molar-refractivity contribution in [2.45, 2.75) is 12.8 Å². The molecule has 6 nitrogen and oxygen atoms in total. The molecule has 4 rings (SSSR count). The summed E-state index contributed by atoms with van der Waals surface area (Å²) in [6.07, 6.45) is 3.93. The fraction of sp³-hybridized carbons (Fsp3) is 0.429. The van der Waals surface area contributed by atoms with Gasteiger partial charge in [0.1, 0.15) is 11.6 Å². The molecule has 6 heteroatoms. The van der Waals surface area contributed by atoms with Gasteiger partial charge in [-0.25, -0.2) is 4.98 Å². The van der Waals surface area contributed by atoms with Crippen molar-refractivity contribution in [3.05, 3.63) is 48.2 Å². The van der Waals surface area contributed by atoms with E-state index in [9.17, 15) is 4.79 Å². The van der Waals surface area contributed by atoms with Crippen LogP contribution in [-0.2, 0) is 0 Å². The summed E-state index contributed by atoms with van der Waals surface area (Å²) in [6.45, 7) is 5.35. The van der Waals surface area contributed by atoms with Crippen molar-refractivity contribution >= 4 is 17.4 Å². The quantitative estimate of drug-likeness (QED) is 0.833. The van der Waals surface area contributed by atoms with Crippen molar-refractivity contribution < 1.29 is 9.53 Å². The summed E-state index contributed by atoms with van der Waals surface area (Å²) >= 11 is 0. The minimum absolute atomic E-state index is 0.104. The third-order valence-electron chi connectivity index (χ3n) is 5.42. The average molecular weight is 366 g/mol. The van der Waals surface area contributed by atoms with Gasteiger partial charge in [-0.2, -0.15) is 0 Å². The van der Waals surface area contributed by atoms with Crippen molar-refractivity contribution in [1.82, 2.24) is 9.88 Å². The predicted molar refractivity (Wildman–Crippen MR) is 107 cm³/mol. The van der Waals surface area contributed by atoms with E-state index in [4.69, 9.17) is 4.74 Å². The van der Waals surface area contributed by atoms with Crippen LogP contribution in [0.4, 0.5) is 11.5 Å².